The number of aryl methyl sites for hydroxylation is 1. The Morgan fingerprint density at radius 1 is 1.21 bits per heavy atom. The van der Waals surface area contributed by atoms with E-state index in [1.165, 1.54) is 0 Å². The molecule has 0 saturated carbocycles. The summed E-state index contributed by atoms with van der Waals surface area (Å²) in [6, 6.07) is 9.79. The first-order chi connectivity index (χ1) is 9.04. The molecule has 2 rings (SSSR count). The van der Waals surface area contributed by atoms with Gasteiger partial charge in [0.1, 0.15) is 0 Å². The Labute approximate surface area is 119 Å². The molecule has 1 aromatic carbocycles. The molecule has 0 radical (unpaired) electrons. The van der Waals surface area contributed by atoms with Gasteiger partial charge in [-0.05, 0) is 36.6 Å². The van der Waals surface area contributed by atoms with E-state index in [0.717, 1.165) is 22.0 Å². The van der Waals surface area contributed by atoms with Gasteiger partial charge in [-0.2, -0.15) is 0 Å². The van der Waals surface area contributed by atoms with Crippen LogP contribution < -0.4 is 5.32 Å². The van der Waals surface area contributed by atoms with Crippen LogP contribution in [0, 0.1) is 6.92 Å². The average Bonchev–Trinajstić information content (AvgIpc) is 2.36. The first-order valence-electron chi connectivity index (χ1n) is 6.38. The van der Waals surface area contributed by atoms with Crippen molar-refractivity contribution in [3.63, 3.8) is 0 Å². The Balaban J connectivity index is 2.11. The number of anilines is 1. The highest BCUT2D eigenvalue weighted by atomic mass is 35.5. The van der Waals surface area contributed by atoms with Gasteiger partial charge in [-0.3, -0.25) is 0 Å². The molecule has 0 fully saturated rings. The fourth-order valence-corrected chi connectivity index (χ4v) is 2.01. The molecule has 19 heavy (non-hydrogen) atoms. The molecule has 1 N–H and O–H groups in total. The second kappa shape index (κ2) is 6.02. The summed E-state index contributed by atoms with van der Waals surface area (Å²) in [5.74, 6) is 1.07. The van der Waals surface area contributed by atoms with E-state index < -0.39 is 0 Å². The van der Waals surface area contributed by atoms with Gasteiger partial charge in [-0.1, -0.05) is 37.6 Å². The number of aromatic nitrogens is 2. The highest BCUT2D eigenvalue weighted by Gasteiger charge is 2.05. The predicted molar refractivity (Wildman–Crippen MR) is 79.6 cm³/mol. The topological polar surface area (TPSA) is 37.8 Å². The van der Waals surface area contributed by atoms with Gasteiger partial charge in [-0.15, -0.1) is 0 Å². The van der Waals surface area contributed by atoms with Crippen LogP contribution in [0.4, 0.5) is 5.95 Å². The maximum absolute atomic E-state index is 5.96. The quantitative estimate of drug-likeness (QED) is 0.910. The maximum atomic E-state index is 5.96. The Hall–Kier alpha value is -1.61. The predicted octanol–water partition coefficient (Wildman–Crippen LogP) is 4.17. The lowest BCUT2D eigenvalue weighted by Gasteiger charge is -2.10. The summed E-state index contributed by atoms with van der Waals surface area (Å²) in [7, 11) is 0. The Bertz CT molecular complexity index is 567. The molecule has 1 aromatic heterocycles. The van der Waals surface area contributed by atoms with E-state index in [4.69, 9.17) is 11.6 Å². The van der Waals surface area contributed by atoms with Crippen molar-refractivity contribution < 1.29 is 0 Å². The summed E-state index contributed by atoms with van der Waals surface area (Å²) < 4.78 is 0. The summed E-state index contributed by atoms with van der Waals surface area (Å²) in [6.07, 6.45) is 0. The molecule has 0 aliphatic carbocycles. The van der Waals surface area contributed by atoms with Gasteiger partial charge in [0.15, 0.2) is 0 Å². The number of benzene rings is 1. The molecule has 0 aliphatic rings. The summed E-state index contributed by atoms with van der Waals surface area (Å²) in [5, 5.41) is 3.99. The molecule has 0 spiro atoms. The second-order valence-corrected chi connectivity index (χ2v) is 5.33. The zero-order valence-corrected chi connectivity index (χ0v) is 12.2. The van der Waals surface area contributed by atoms with Gasteiger partial charge in [0, 0.05) is 23.0 Å². The number of hydrogen-bond donors (Lipinski definition) is 1. The van der Waals surface area contributed by atoms with E-state index in [1.54, 1.807) is 0 Å². The third kappa shape index (κ3) is 3.93. The molecule has 0 saturated heterocycles. The zero-order valence-electron chi connectivity index (χ0n) is 11.4. The van der Waals surface area contributed by atoms with Crippen molar-refractivity contribution in [2.45, 2.75) is 33.2 Å². The van der Waals surface area contributed by atoms with E-state index >= 15 is 0 Å². The van der Waals surface area contributed by atoms with Crippen LogP contribution in [0.3, 0.4) is 0 Å². The average molecular weight is 276 g/mol. The molecule has 0 atom stereocenters. The molecular formula is C15H18ClN3. The molecule has 3 nitrogen and oxygen atoms in total. The van der Waals surface area contributed by atoms with Crippen molar-refractivity contribution in [2.24, 2.45) is 0 Å². The van der Waals surface area contributed by atoms with Crippen LogP contribution in [0.5, 0.6) is 0 Å². The van der Waals surface area contributed by atoms with Crippen molar-refractivity contribution in [1.29, 1.82) is 0 Å². The van der Waals surface area contributed by atoms with E-state index in [2.05, 4.69) is 29.1 Å². The molecule has 0 bridgehead atoms. The van der Waals surface area contributed by atoms with Gasteiger partial charge < -0.3 is 5.32 Å². The number of nitrogens with one attached hydrogen (secondary N) is 1. The number of rotatable bonds is 4. The van der Waals surface area contributed by atoms with Crippen molar-refractivity contribution in [1.82, 2.24) is 9.97 Å². The first kappa shape index (κ1) is 13.8. The fourth-order valence-electron chi connectivity index (χ4n) is 1.80. The third-order valence-corrected chi connectivity index (χ3v) is 3.04. The summed E-state index contributed by atoms with van der Waals surface area (Å²) in [5.41, 5.74) is 3.15. The molecule has 4 heteroatoms. The van der Waals surface area contributed by atoms with Gasteiger partial charge in [0.25, 0.3) is 0 Å². The number of halogens is 1. The van der Waals surface area contributed by atoms with Gasteiger partial charge in [0.05, 0.1) is 0 Å². The van der Waals surface area contributed by atoms with Crippen molar-refractivity contribution >= 4 is 17.5 Å². The van der Waals surface area contributed by atoms with Crippen LogP contribution >= 0.6 is 11.6 Å². The second-order valence-electron chi connectivity index (χ2n) is 4.90. The minimum Gasteiger partial charge on any atom is -0.350 e. The minimum atomic E-state index is 0.397. The van der Waals surface area contributed by atoms with Gasteiger partial charge in [-0.25, -0.2) is 9.97 Å². The number of hydrogen-bond acceptors (Lipinski definition) is 3. The van der Waals surface area contributed by atoms with Crippen molar-refractivity contribution in [3.05, 3.63) is 52.3 Å². The Morgan fingerprint density at radius 3 is 2.68 bits per heavy atom. The summed E-state index contributed by atoms with van der Waals surface area (Å²) in [6.45, 7) is 6.91. The van der Waals surface area contributed by atoms with Crippen LogP contribution in [0.2, 0.25) is 5.02 Å². The Kier molecular flexibility index (Phi) is 4.38. The first-order valence-corrected chi connectivity index (χ1v) is 6.76. The van der Waals surface area contributed by atoms with E-state index in [9.17, 15) is 0 Å². The van der Waals surface area contributed by atoms with Crippen LogP contribution in [0.1, 0.15) is 36.7 Å². The standard InChI is InChI=1S/C15H18ClN3/c1-10(2)14-7-11(3)18-15(19-14)17-9-12-5-4-6-13(16)8-12/h4-8,10H,9H2,1-3H3,(H,17,18,19). The highest BCUT2D eigenvalue weighted by Crippen LogP contribution is 2.16. The largest absolute Gasteiger partial charge is 0.350 e. The molecule has 0 aliphatic heterocycles. The lowest BCUT2D eigenvalue weighted by atomic mass is 10.1. The Morgan fingerprint density at radius 2 is 2.00 bits per heavy atom. The lowest BCUT2D eigenvalue weighted by Crippen LogP contribution is -2.07. The van der Waals surface area contributed by atoms with Gasteiger partial charge >= 0.3 is 0 Å². The normalized spacial score (nSPS) is 10.8. The summed E-state index contributed by atoms with van der Waals surface area (Å²) >= 11 is 5.96. The molecule has 2 aromatic rings. The highest BCUT2D eigenvalue weighted by molar-refractivity contribution is 6.30. The van der Waals surface area contributed by atoms with Crippen LogP contribution in [0.15, 0.2) is 30.3 Å². The molecular weight excluding hydrogens is 258 g/mol. The van der Waals surface area contributed by atoms with Crippen LogP contribution in [0.25, 0.3) is 0 Å². The van der Waals surface area contributed by atoms with Crippen LogP contribution in [-0.2, 0) is 6.54 Å². The van der Waals surface area contributed by atoms with Crippen molar-refractivity contribution in [2.75, 3.05) is 5.32 Å². The van der Waals surface area contributed by atoms with E-state index in [1.807, 2.05) is 37.3 Å². The molecule has 1 heterocycles. The smallest absolute Gasteiger partial charge is 0.223 e. The van der Waals surface area contributed by atoms with Crippen LogP contribution in [-0.4, -0.2) is 9.97 Å². The fraction of sp³-hybridized carbons (Fsp3) is 0.333. The zero-order chi connectivity index (χ0) is 13.8. The molecule has 0 amide bonds. The molecule has 0 unspecified atom stereocenters. The number of nitrogens with zero attached hydrogens (tertiary/aromatic N) is 2. The van der Waals surface area contributed by atoms with Gasteiger partial charge in [0.2, 0.25) is 5.95 Å². The monoisotopic (exact) mass is 275 g/mol. The maximum Gasteiger partial charge on any atom is 0.223 e. The lowest BCUT2D eigenvalue weighted by molar-refractivity contribution is 0.808. The van der Waals surface area contributed by atoms with Crippen molar-refractivity contribution in [3.8, 4) is 0 Å². The summed E-state index contributed by atoms with van der Waals surface area (Å²) in [4.78, 5) is 8.91. The SMILES string of the molecule is Cc1cc(C(C)C)nc(NCc2cccc(Cl)c2)n1. The van der Waals surface area contributed by atoms with E-state index in [-0.39, 0.29) is 0 Å². The third-order valence-electron chi connectivity index (χ3n) is 2.81. The molecule has 100 valence electrons. The minimum absolute atomic E-state index is 0.397. The van der Waals surface area contributed by atoms with E-state index in [0.29, 0.717) is 18.4 Å².